The summed E-state index contributed by atoms with van der Waals surface area (Å²) in [4.78, 5) is 0. The van der Waals surface area contributed by atoms with Gasteiger partial charge in [0.05, 0.1) is 5.75 Å². The third-order valence-electron chi connectivity index (χ3n) is 1.41. The molecule has 0 aliphatic heterocycles. The van der Waals surface area contributed by atoms with Gasteiger partial charge in [0.1, 0.15) is 0 Å². The first-order valence-electron chi connectivity index (χ1n) is 3.49. The summed E-state index contributed by atoms with van der Waals surface area (Å²) in [6.07, 6.45) is 1.21. The van der Waals surface area contributed by atoms with Crippen LogP contribution in [0.25, 0.3) is 0 Å². The number of hydrogen-bond acceptors (Lipinski definition) is 3. The molecule has 0 saturated carbocycles. The zero-order valence-electron chi connectivity index (χ0n) is 7.23. The van der Waals surface area contributed by atoms with Gasteiger partial charge in [0.2, 0.25) is 0 Å². The molecule has 0 heterocycles. The van der Waals surface area contributed by atoms with Crippen LogP contribution in [0.3, 0.4) is 0 Å². The molecule has 1 rings (SSSR count). The quantitative estimate of drug-likeness (QED) is 0.765. The molecule has 5 heteroatoms. The van der Waals surface area contributed by atoms with Crippen molar-refractivity contribution in [1.29, 1.82) is 0 Å². The van der Waals surface area contributed by atoms with Crippen LogP contribution in [0.15, 0.2) is 24.3 Å². The van der Waals surface area contributed by atoms with E-state index >= 15 is 0 Å². The summed E-state index contributed by atoms with van der Waals surface area (Å²) in [5.41, 5.74) is 6.86. The molecule has 3 nitrogen and oxygen atoms in total. The topological polar surface area (TPSA) is 60.2 Å². The molecule has 74 valence electrons. The average Bonchev–Trinajstić information content (AvgIpc) is 1.91. The van der Waals surface area contributed by atoms with Crippen LogP contribution in [-0.2, 0) is 15.6 Å². The van der Waals surface area contributed by atoms with Crippen molar-refractivity contribution in [2.75, 3.05) is 12.0 Å². The van der Waals surface area contributed by atoms with Gasteiger partial charge in [0.15, 0.2) is 9.84 Å². The van der Waals surface area contributed by atoms with Gasteiger partial charge < -0.3 is 5.73 Å². The maximum atomic E-state index is 10.9. The summed E-state index contributed by atoms with van der Waals surface area (Å²) in [7, 11) is -2.93. The molecule has 0 aliphatic carbocycles. The van der Waals surface area contributed by atoms with Crippen molar-refractivity contribution >= 4 is 27.9 Å². The molecule has 1 aromatic carbocycles. The van der Waals surface area contributed by atoms with E-state index in [0.29, 0.717) is 5.69 Å². The van der Waals surface area contributed by atoms with Crippen molar-refractivity contribution in [3.8, 4) is 0 Å². The van der Waals surface area contributed by atoms with Crippen LogP contribution in [0.5, 0.6) is 0 Å². The molecular weight excluding hydrogens is 210 g/mol. The molecular formula is C8H12ClNO2S. The number of nitrogen functional groups attached to an aromatic ring is 1. The van der Waals surface area contributed by atoms with Crippen molar-refractivity contribution in [3.05, 3.63) is 29.8 Å². The number of rotatable bonds is 2. The van der Waals surface area contributed by atoms with Crippen LogP contribution in [0.1, 0.15) is 5.56 Å². The average molecular weight is 222 g/mol. The van der Waals surface area contributed by atoms with Gasteiger partial charge in [0, 0.05) is 11.9 Å². The third kappa shape index (κ3) is 4.75. The summed E-state index contributed by atoms with van der Waals surface area (Å²) >= 11 is 0. The Labute approximate surface area is 84.3 Å². The fourth-order valence-electron chi connectivity index (χ4n) is 0.917. The highest BCUT2D eigenvalue weighted by molar-refractivity contribution is 7.89. The number of sulfone groups is 1. The molecule has 0 spiro atoms. The van der Waals surface area contributed by atoms with Crippen molar-refractivity contribution in [2.24, 2.45) is 0 Å². The second-order valence-electron chi connectivity index (χ2n) is 2.81. The second-order valence-corrected chi connectivity index (χ2v) is 4.95. The Morgan fingerprint density at radius 3 is 2.08 bits per heavy atom. The van der Waals surface area contributed by atoms with Crippen LogP contribution in [-0.4, -0.2) is 14.7 Å². The fraction of sp³-hybridized carbons (Fsp3) is 0.250. The first kappa shape index (κ1) is 12.3. The van der Waals surface area contributed by atoms with Gasteiger partial charge >= 0.3 is 0 Å². The van der Waals surface area contributed by atoms with Crippen molar-refractivity contribution in [1.82, 2.24) is 0 Å². The smallest absolute Gasteiger partial charge is 0.151 e. The number of halogens is 1. The van der Waals surface area contributed by atoms with E-state index in [1.165, 1.54) is 6.26 Å². The predicted molar refractivity (Wildman–Crippen MR) is 56.7 cm³/mol. The molecule has 0 aliphatic rings. The van der Waals surface area contributed by atoms with Crippen LogP contribution < -0.4 is 5.73 Å². The summed E-state index contributed by atoms with van der Waals surface area (Å²) < 4.78 is 21.7. The van der Waals surface area contributed by atoms with E-state index in [4.69, 9.17) is 5.73 Å². The first-order chi connectivity index (χ1) is 5.47. The van der Waals surface area contributed by atoms with E-state index in [9.17, 15) is 8.42 Å². The van der Waals surface area contributed by atoms with Crippen LogP contribution >= 0.6 is 12.4 Å². The zero-order chi connectivity index (χ0) is 9.19. The molecule has 0 amide bonds. The van der Waals surface area contributed by atoms with Crippen molar-refractivity contribution in [3.63, 3.8) is 0 Å². The molecule has 0 unspecified atom stereocenters. The zero-order valence-corrected chi connectivity index (χ0v) is 8.86. The minimum absolute atomic E-state index is 0. The molecule has 0 bridgehead atoms. The van der Waals surface area contributed by atoms with E-state index in [0.717, 1.165) is 5.56 Å². The molecule has 0 fully saturated rings. The largest absolute Gasteiger partial charge is 0.399 e. The maximum Gasteiger partial charge on any atom is 0.151 e. The molecule has 13 heavy (non-hydrogen) atoms. The van der Waals surface area contributed by atoms with Crippen molar-refractivity contribution in [2.45, 2.75) is 5.75 Å². The van der Waals surface area contributed by atoms with Gasteiger partial charge in [-0.2, -0.15) is 0 Å². The lowest BCUT2D eigenvalue weighted by molar-refractivity contribution is 0.601. The molecule has 0 aromatic heterocycles. The van der Waals surface area contributed by atoms with Crippen molar-refractivity contribution < 1.29 is 8.42 Å². The van der Waals surface area contributed by atoms with Gasteiger partial charge in [0.25, 0.3) is 0 Å². The molecule has 0 atom stereocenters. The van der Waals surface area contributed by atoms with Gasteiger partial charge in [-0.25, -0.2) is 8.42 Å². The number of nitrogens with two attached hydrogens (primary N) is 1. The van der Waals surface area contributed by atoms with Crippen LogP contribution in [0.4, 0.5) is 5.69 Å². The normalized spacial score (nSPS) is 10.5. The highest BCUT2D eigenvalue weighted by atomic mass is 35.5. The Morgan fingerprint density at radius 1 is 1.23 bits per heavy atom. The van der Waals surface area contributed by atoms with Gasteiger partial charge in [-0.3, -0.25) is 0 Å². The molecule has 0 saturated heterocycles. The Hall–Kier alpha value is -0.740. The van der Waals surface area contributed by atoms with E-state index in [1.807, 2.05) is 0 Å². The Morgan fingerprint density at radius 2 is 1.69 bits per heavy atom. The number of benzene rings is 1. The van der Waals surface area contributed by atoms with Crippen LogP contribution in [0.2, 0.25) is 0 Å². The SMILES string of the molecule is CS(=O)(=O)Cc1ccc(N)cc1.Cl. The first-order valence-corrected chi connectivity index (χ1v) is 5.55. The molecule has 1 aromatic rings. The molecule has 2 N–H and O–H groups in total. The standard InChI is InChI=1S/C8H11NO2S.ClH/c1-12(10,11)6-7-2-4-8(9)5-3-7;/h2-5H,6,9H2,1H3;1H. The predicted octanol–water partition coefficient (Wildman–Crippen LogP) is 1.24. The van der Waals surface area contributed by atoms with Crippen LogP contribution in [0, 0.1) is 0 Å². The summed E-state index contributed by atoms with van der Waals surface area (Å²) in [5, 5.41) is 0. The Balaban J connectivity index is 0.00000144. The lowest BCUT2D eigenvalue weighted by atomic mass is 10.2. The van der Waals surface area contributed by atoms with Gasteiger partial charge in [-0.15, -0.1) is 12.4 Å². The summed E-state index contributed by atoms with van der Waals surface area (Å²) in [6, 6.07) is 6.83. The second kappa shape index (κ2) is 4.48. The minimum atomic E-state index is -2.93. The molecule has 0 radical (unpaired) electrons. The highest BCUT2D eigenvalue weighted by Gasteiger charge is 2.02. The lowest BCUT2D eigenvalue weighted by Gasteiger charge is -1.98. The highest BCUT2D eigenvalue weighted by Crippen LogP contribution is 2.08. The number of hydrogen-bond donors (Lipinski definition) is 1. The number of anilines is 1. The fourth-order valence-corrected chi connectivity index (χ4v) is 1.71. The van der Waals surface area contributed by atoms with E-state index in [2.05, 4.69) is 0 Å². The van der Waals surface area contributed by atoms with Gasteiger partial charge in [-0.1, -0.05) is 12.1 Å². The Kier molecular flexibility index (Phi) is 4.23. The van der Waals surface area contributed by atoms with E-state index in [1.54, 1.807) is 24.3 Å². The third-order valence-corrected chi connectivity index (χ3v) is 2.27. The monoisotopic (exact) mass is 221 g/mol. The Bertz CT molecular complexity index is 358. The lowest BCUT2D eigenvalue weighted by Crippen LogP contribution is -2.00. The maximum absolute atomic E-state index is 10.9. The summed E-state index contributed by atoms with van der Waals surface area (Å²) in [5.74, 6) is 0.0767. The summed E-state index contributed by atoms with van der Waals surface area (Å²) in [6.45, 7) is 0. The minimum Gasteiger partial charge on any atom is -0.399 e. The van der Waals surface area contributed by atoms with Gasteiger partial charge in [-0.05, 0) is 17.7 Å². The van der Waals surface area contributed by atoms with E-state index in [-0.39, 0.29) is 18.2 Å². The van der Waals surface area contributed by atoms with E-state index < -0.39 is 9.84 Å².